The second kappa shape index (κ2) is 11.3. The van der Waals surface area contributed by atoms with Crippen LogP contribution in [0.15, 0.2) is 48.5 Å². The van der Waals surface area contributed by atoms with E-state index in [-0.39, 0.29) is 0 Å². The molecule has 0 fully saturated rings. The maximum Gasteiger partial charge on any atom is 0.0867 e. The van der Waals surface area contributed by atoms with Crippen molar-refractivity contribution in [2.75, 3.05) is 0 Å². The van der Waals surface area contributed by atoms with Gasteiger partial charge in [0, 0.05) is 9.81 Å². The lowest BCUT2D eigenvalue weighted by Gasteiger charge is -2.34. The molecule has 2 rings (SSSR count). The van der Waals surface area contributed by atoms with Crippen LogP contribution in [-0.2, 0) is 0 Å². The van der Waals surface area contributed by atoms with Crippen molar-refractivity contribution in [2.45, 2.75) is 77.8 Å². The summed E-state index contributed by atoms with van der Waals surface area (Å²) in [5.74, 6) is 0. The van der Waals surface area contributed by atoms with Crippen molar-refractivity contribution < 1.29 is 0 Å². The molecule has 0 saturated carbocycles. The predicted molar refractivity (Wildman–Crippen MR) is 151 cm³/mol. The molecule has 0 heterocycles. The van der Waals surface area contributed by atoms with E-state index in [0.717, 1.165) is 15.4 Å². The van der Waals surface area contributed by atoms with Crippen molar-refractivity contribution in [1.82, 2.24) is 0 Å². The molecule has 0 N–H and O–H groups in total. The van der Waals surface area contributed by atoms with E-state index < -0.39 is 16.1 Å². The summed E-state index contributed by atoms with van der Waals surface area (Å²) in [6.45, 7) is 14.3. The second-order valence-corrected chi connectivity index (χ2v) is 19.9. The van der Waals surface area contributed by atoms with Crippen LogP contribution in [0.2, 0.25) is 36.3 Å². The van der Waals surface area contributed by atoms with E-state index in [1.54, 1.807) is 10.4 Å². The van der Waals surface area contributed by atoms with Crippen LogP contribution in [0.4, 0.5) is 0 Å². The van der Waals surface area contributed by atoms with E-state index >= 15 is 0 Å². The van der Waals surface area contributed by atoms with Crippen LogP contribution in [0.25, 0.3) is 9.81 Å². The summed E-state index contributed by atoms with van der Waals surface area (Å²) in [5, 5.41) is 3.18. The van der Waals surface area contributed by atoms with Gasteiger partial charge < -0.3 is 0 Å². The molecule has 0 radical (unpaired) electrons. The first-order valence-electron chi connectivity index (χ1n) is 11.7. The van der Waals surface area contributed by atoms with E-state index in [1.807, 2.05) is 0 Å². The third-order valence-electron chi connectivity index (χ3n) is 7.79. The SMILES string of the molecule is CC[Si](CC)(CC)c1ccc([Si](CC)(CC)CC)c(C(S)=C(S)c2ccccc2)c1. The first kappa shape index (κ1) is 25.6. The molecule has 0 aromatic heterocycles. The molecule has 0 nitrogen and oxygen atoms in total. The number of hydrogen-bond acceptors (Lipinski definition) is 2. The molecular weight excluding hydrogens is 433 g/mol. The Morgan fingerprint density at radius 3 is 1.60 bits per heavy atom. The van der Waals surface area contributed by atoms with Crippen LogP contribution in [0.1, 0.15) is 52.7 Å². The molecule has 0 atom stereocenters. The minimum Gasteiger partial charge on any atom is -0.142 e. The molecule has 0 unspecified atom stereocenters. The first-order chi connectivity index (χ1) is 14.4. The Hall–Kier alpha value is -0.686. The Labute approximate surface area is 198 Å². The molecule has 0 bridgehead atoms. The summed E-state index contributed by atoms with van der Waals surface area (Å²) in [4.78, 5) is 2.03. The fourth-order valence-electron chi connectivity index (χ4n) is 5.08. The average Bonchev–Trinajstić information content (AvgIpc) is 2.82. The van der Waals surface area contributed by atoms with Gasteiger partial charge in [-0.2, -0.15) is 0 Å². The molecule has 0 aliphatic carbocycles. The normalized spacial score (nSPS) is 13.3. The van der Waals surface area contributed by atoms with Gasteiger partial charge >= 0.3 is 0 Å². The molecule has 30 heavy (non-hydrogen) atoms. The van der Waals surface area contributed by atoms with E-state index in [0.29, 0.717) is 0 Å². The predicted octanol–water partition coefficient (Wildman–Crippen LogP) is 7.80. The average molecular weight is 473 g/mol. The van der Waals surface area contributed by atoms with Crippen molar-refractivity contribution in [1.29, 1.82) is 0 Å². The van der Waals surface area contributed by atoms with Crippen molar-refractivity contribution >= 4 is 61.6 Å². The molecule has 0 aliphatic rings. The molecule has 4 heteroatoms. The fraction of sp³-hybridized carbons (Fsp3) is 0.462. The molecular formula is C26H40S2Si2. The zero-order valence-electron chi connectivity index (χ0n) is 19.8. The lowest BCUT2D eigenvalue weighted by atomic mass is 10.1. The number of rotatable bonds is 10. The van der Waals surface area contributed by atoms with Gasteiger partial charge in [-0.3, -0.25) is 0 Å². The summed E-state index contributed by atoms with van der Waals surface area (Å²) in [6.07, 6.45) is 0. The Morgan fingerprint density at radius 1 is 0.633 bits per heavy atom. The van der Waals surface area contributed by atoms with Crippen LogP contribution in [-0.4, -0.2) is 16.1 Å². The highest BCUT2D eigenvalue weighted by atomic mass is 32.1. The summed E-state index contributed by atoms with van der Waals surface area (Å²) < 4.78 is 0. The van der Waals surface area contributed by atoms with Gasteiger partial charge in [-0.25, -0.2) is 0 Å². The quantitative estimate of drug-likeness (QED) is 0.197. The van der Waals surface area contributed by atoms with E-state index in [1.165, 1.54) is 41.8 Å². The smallest absolute Gasteiger partial charge is 0.0867 e. The second-order valence-electron chi connectivity index (χ2n) is 8.51. The summed E-state index contributed by atoms with van der Waals surface area (Å²) >= 11 is 10.1. The van der Waals surface area contributed by atoms with E-state index in [2.05, 4.69) is 90.1 Å². The molecule has 0 saturated heterocycles. The standard InChI is InChI=1S/C26H40S2Si2/c1-7-29(8-2,9-3)22-18-19-24(30(10-4,11-5)12-6)23(20-22)26(28)25(27)21-16-14-13-15-17-21/h13-20,27-28H,7-12H2,1-6H3. The summed E-state index contributed by atoms with van der Waals surface area (Å²) in [5.41, 5.74) is 2.50. The minimum atomic E-state index is -1.56. The maximum atomic E-state index is 5.12. The summed E-state index contributed by atoms with van der Waals surface area (Å²) in [6, 6.07) is 25.7. The highest BCUT2D eigenvalue weighted by molar-refractivity contribution is 7.96. The van der Waals surface area contributed by atoms with Crippen LogP contribution >= 0.6 is 25.3 Å². The summed E-state index contributed by atoms with van der Waals surface area (Å²) in [7, 11) is -3.03. The van der Waals surface area contributed by atoms with Crippen molar-refractivity contribution in [3.63, 3.8) is 0 Å². The third-order valence-corrected chi connectivity index (χ3v) is 20.1. The maximum absolute atomic E-state index is 5.12. The highest BCUT2D eigenvalue weighted by Crippen LogP contribution is 2.34. The number of hydrogen-bond donors (Lipinski definition) is 2. The number of thiol groups is 2. The van der Waals surface area contributed by atoms with Crippen LogP contribution in [0.5, 0.6) is 0 Å². The van der Waals surface area contributed by atoms with Gasteiger partial charge in [0.25, 0.3) is 0 Å². The van der Waals surface area contributed by atoms with Crippen LogP contribution in [0.3, 0.4) is 0 Å². The molecule has 0 spiro atoms. The van der Waals surface area contributed by atoms with Crippen LogP contribution in [0, 0.1) is 0 Å². The Bertz CT molecular complexity index is 834. The molecule has 164 valence electrons. The lowest BCUT2D eigenvalue weighted by molar-refractivity contribution is 1.19. The fourth-order valence-corrected chi connectivity index (χ4v) is 13.2. The lowest BCUT2D eigenvalue weighted by Crippen LogP contribution is -2.51. The molecule has 0 amide bonds. The Balaban J connectivity index is 2.83. The molecule has 2 aromatic carbocycles. The van der Waals surface area contributed by atoms with Crippen molar-refractivity contribution in [3.05, 3.63) is 59.7 Å². The van der Waals surface area contributed by atoms with Gasteiger partial charge in [-0.1, -0.05) is 137 Å². The van der Waals surface area contributed by atoms with Gasteiger partial charge in [0.2, 0.25) is 0 Å². The topological polar surface area (TPSA) is 0 Å². The third kappa shape index (κ3) is 4.87. The van der Waals surface area contributed by atoms with Gasteiger partial charge in [0.05, 0.1) is 16.1 Å². The van der Waals surface area contributed by atoms with Crippen molar-refractivity contribution in [2.24, 2.45) is 0 Å². The van der Waals surface area contributed by atoms with Crippen LogP contribution < -0.4 is 10.4 Å². The minimum absolute atomic E-state index is 0.986. The molecule has 2 aromatic rings. The largest absolute Gasteiger partial charge is 0.142 e. The van der Waals surface area contributed by atoms with E-state index in [9.17, 15) is 0 Å². The first-order valence-corrected chi connectivity index (χ1v) is 17.8. The van der Waals surface area contributed by atoms with Gasteiger partial charge in [0.1, 0.15) is 0 Å². The Morgan fingerprint density at radius 2 is 1.13 bits per heavy atom. The highest BCUT2D eigenvalue weighted by Gasteiger charge is 2.35. The Kier molecular flexibility index (Phi) is 9.60. The zero-order valence-corrected chi connectivity index (χ0v) is 23.5. The molecule has 0 aliphatic heterocycles. The monoisotopic (exact) mass is 472 g/mol. The van der Waals surface area contributed by atoms with E-state index in [4.69, 9.17) is 25.3 Å². The van der Waals surface area contributed by atoms with Gasteiger partial charge in [-0.15, -0.1) is 25.3 Å². The van der Waals surface area contributed by atoms with Crippen molar-refractivity contribution in [3.8, 4) is 0 Å². The zero-order chi connectivity index (χ0) is 22.4. The number of benzene rings is 2. The van der Waals surface area contributed by atoms with Gasteiger partial charge in [-0.05, 0) is 11.1 Å². The van der Waals surface area contributed by atoms with Gasteiger partial charge in [0.15, 0.2) is 0 Å².